The Balaban J connectivity index is 2.41. The third kappa shape index (κ3) is 2.29. The van der Waals surface area contributed by atoms with Crippen molar-refractivity contribution in [3.63, 3.8) is 0 Å². The van der Waals surface area contributed by atoms with Crippen molar-refractivity contribution >= 4 is 27.9 Å². The summed E-state index contributed by atoms with van der Waals surface area (Å²) in [4.78, 5) is 18.7. The van der Waals surface area contributed by atoms with Crippen LogP contribution in [0.3, 0.4) is 0 Å². The Hall–Kier alpha value is -1.68. The first-order chi connectivity index (χ1) is 8.50. The number of rotatable bonds is 3. The molecular formula is C14H16N2OS. The number of anilines is 2. The molecule has 0 amide bonds. The van der Waals surface area contributed by atoms with E-state index in [0.29, 0.717) is 0 Å². The van der Waals surface area contributed by atoms with Crippen molar-refractivity contribution in [3.05, 3.63) is 40.4 Å². The summed E-state index contributed by atoms with van der Waals surface area (Å²) >= 11 is 1.44. The monoisotopic (exact) mass is 260 g/mol. The molecule has 0 bridgehead atoms. The minimum Gasteiger partial charge on any atom is -0.321 e. The average molecular weight is 260 g/mol. The predicted molar refractivity (Wildman–Crippen MR) is 76.1 cm³/mol. The van der Waals surface area contributed by atoms with Crippen LogP contribution in [-0.2, 0) is 0 Å². The summed E-state index contributed by atoms with van der Waals surface area (Å²) in [5.74, 6) is 0.0782. The van der Waals surface area contributed by atoms with Gasteiger partial charge >= 0.3 is 0 Å². The number of benzene rings is 1. The second kappa shape index (κ2) is 4.90. The first-order valence-corrected chi connectivity index (χ1v) is 6.60. The van der Waals surface area contributed by atoms with Crippen molar-refractivity contribution in [1.82, 2.24) is 4.98 Å². The Morgan fingerprint density at radius 2 is 1.94 bits per heavy atom. The molecule has 0 aliphatic rings. The van der Waals surface area contributed by atoms with E-state index in [1.807, 2.05) is 31.0 Å². The Bertz CT molecular complexity index is 589. The molecule has 0 N–H and O–H groups in total. The zero-order valence-corrected chi connectivity index (χ0v) is 11.8. The summed E-state index contributed by atoms with van der Waals surface area (Å²) < 4.78 is 0. The second-order valence-electron chi connectivity index (χ2n) is 4.31. The van der Waals surface area contributed by atoms with E-state index in [4.69, 9.17) is 0 Å². The highest BCUT2D eigenvalue weighted by atomic mass is 32.1. The quantitative estimate of drug-likeness (QED) is 0.788. The first kappa shape index (κ1) is 12.8. The molecule has 1 heterocycles. The third-order valence-corrected chi connectivity index (χ3v) is 4.20. The normalized spacial score (nSPS) is 10.4. The maximum absolute atomic E-state index is 11.5. The molecule has 1 aromatic heterocycles. The topological polar surface area (TPSA) is 33.2 Å². The fourth-order valence-corrected chi connectivity index (χ4v) is 2.83. The summed E-state index contributed by atoms with van der Waals surface area (Å²) in [6, 6.07) is 8.14. The first-order valence-electron chi connectivity index (χ1n) is 5.78. The van der Waals surface area contributed by atoms with E-state index in [-0.39, 0.29) is 5.78 Å². The number of hydrogen-bond donors (Lipinski definition) is 0. The van der Waals surface area contributed by atoms with Gasteiger partial charge < -0.3 is 4.90 Å². The zero-order chi connectivity index (χ0) is 13.3. The summed E-state index contributed by atoms with van der Waals surface area (Å²) in [6.45, 7) is 5.53. The third-order valence-electron chi connectivity index (χ3n) is 2.87. The molecular weight excluding hydrogens is 244 g/mol. The zero-order valence-electron chi connectivity index (χ0n) is 11.0. The Kier molecular flexibility index (Phi) is 3.48. The van der Waals surface area contributed by atoms with Crippen LogP contribution in [0.2, 0.25) is 0 Å². The van der Waals surface area contributed by atoms with Gasteiger partial charge in [-0.05, 0) is 25.5 Å². The van der Waals surface area contributed by atoms with Gasteiger partial charge in [-0.2, -0.15) is 0 Å². The fourth-order valence-electron chi connectivity index (χ4n) is 1.90. The molecule has 0 unspecified atom stereocenters. The Morgan fingerprint density at radius 3 is 2.50 bits per heavy atom. The molecule has 0 saturated heterocycles. The van der Waals surface area contributed by atoms with Crippen LogP contribution in [-0.4, -0.2) is 17.8 Å². The Morgan fingerprint density at radius 1 is 1.28 bits per heavy atom. The molecule has 3 nitrogen and oxygen atoms in total. The lowest BCUT2D eigenvalue weighted by molar-refractivity contribution is 0.102. The van der Waals surface area contributed by atoms with E-state index in [2.05, 4.69) is 24.0 Å². The van der Waals surface area contributed by atoms with Crippen LogP contribution in [0.5, 0.6) is 0 Å². The van der Waals surface area contributed by atoms with Crippen LogP contribution in [0.1, 0.15) is 27.9 Å². The van der Waals surface area contributed by atoms with Crippen LogP contribution in [0, 0.1) is 13.8 Å². The summed E-state index contributed by atoms with van der Waals surface area (Å²) in [7, 11) is 1.98. The molecule has 18 heavy (non-hydrogen) atoms. The molecule has 1 aromatic carbocycles. The fraction of sp³-hybridized carbons (Fsp3) is 0.286. The van der Waals surface area contributed by atoms with Crippen molar-refractivity contribution in [2.75, 3.05) is 11.9 Å². The van der Waals surface area contributed by atoms with E-state index >= 15 is 0 Å². The molecule has 2 rings (SSSR count). The number of aryl methyl sites for hydroxylation is 2. The molecule has 0 spiro atoms. The summed E-state index contributed by atoms with van der Waals surface area (Å²) in [5.41, 5.74) is 3.11. The number of nitrogens with zero attached hydrogens (tertiary/aromatic N) is 2. The minimum absolute atomic E-state index is 0.0782. The van der Waals surface area contributed by atoms with E-state index in [0.717, 1.165) is 21.4 Å². The van der Waals surface area contributed by atoms with Crippen molar-refractivity contribution < 1.29 is 4.79 Å². The van der Waals surface area contributed by atoms with Gasteiger partial charge in [0.15, 0.2) is 10.9 Å². The standard InChI is InChI=1S/C14H16N2OS/c1-9-7-5-6-8-12(9)16(4)14-15-10(2)13(18-14)11(3)17/h5-8H,1-4H3. The number of aromatic nitrogens is 1. The maximum Gasteiger partial charge on any atom is 0.190 e. The van der Waals surface area contributed by atoms with E-state index in [1.165, 1.54) is 16.9 Å². The van der Waals surface area contributed by atoms with E-state index in [9.17, 15) is 4.79 Å². The SMILES string of the molecule is CC(=O)c1sc(N(C)c2ccccc2C)nc1C. The van der Waals surface area contributed by atoms with Crippen LogP contribution in [0.15, 0.2) is 24.3 Å². The van der Waals surface area contributed by atoms with Crippen molar-refractivity contribution in [1.29, 1.82) is 0 Å². The van der Waals surface area contributed by atoms with E-state index in [1.54, 1.807) is 6.92 Å². The number of Topliss-reactive ketones (excluding diaryl/α,β-unsaturated/α-hetero) is 1. The number of para-hydroxylation sites is 1. The van der Waals surface area contributed by atoms with Gasteiger partial charge in [0.1, 0.15) is 0 Å². The number of thiazole rings is 1. The second-order valence-corrected chi connectivity index (χ2v) is 5.29. The molecule has 0 atom stereocenters. The highest BCUT2D eigenvalue weighted by molar-refractivity contribution is 7.17. The lowest BCUT2D eigenvalue weighted by Crippen LogP contribution is -2.10. The maximum atomic E-state index is 11.5. The van der Waals surface area contributed by atoms with Crippen LogP contribution in [0.4, 0.5) is 10.8 Å². The lowest BCUT2D eigenvalue weighted by atomic mass is 10.2. The molecule has 0 aliphatic heterocycles. The number of hydrogen-bond acceptors (Lipinski definition) is 4. The number of carbonyl (C=O) groups is 1. The van der Waals surface area contributed by atoms with Gasteiger partial charge in [-0.15, -0.1) is 0 Å². The predicted octanol–water partition coefficient (Wildman–Crippen LogP) is 3.73. The summed E-state index contributed by atoms with van der Waals surface area (Å²) in [6.07, 6.45) is 0. The van der Waals surface area contributed by atoms with Gasteiger partial charge in [0.2, 0.25) is 0 Å². The van der Waals surface area contributed by atoms with Gasteiger partial charge in [-0.1, -0.05) is 29.5 Å². The van der Waals surface area contributed by atoms with Crippen LogP contribution in [0.25, 0.3) is 0 Å². The van der Waals surface area contributed by atoms with Gasteiger partial charge in [-0.25, -0.2) is 4.98 Å². The van der Waals surface area contributed by atoms with Crippen molar-refractivity contribution in [2.45, 2.75) is 20.8 Å². The number of ketones is 1. The van der Waals surface area contributed by atoms with Gasteiger partial charge in [-0.3, -0.25) is 4.79 Å². The van der Waals surface area contributed by atoms with Gasteiger partial charge in [0.05, 0.1) is 10.6 Å². The molecule has 0 fully saturated rings. The van der Waals surface area contributed by atoms with Crippen molar-refractivity contribution in [3.8, 4) is 0 Å². The van der Waals surface area contributed by atoms with Gasteiger partial charge in [0, 0.05) is 19.7 Å². The molecule has 0 saturated carbocycles. The smallest absolute Gasteiger partial charge is 0.190 e. The summed E-state index contributed by atoms with van der Waals surface area (Å²) in [5, 5.41) is 0.854. The highest BCUT2D eigenvalue weighted by Crippen LogP contribution is 2.31. The molecule has 0 aliphatic carbocycles. The van der Waals surface area contributed by atoms with Gasteiger partial charge in [0.25, 0.3) is 0 Å². The van der Waals surface area contributed by atoms with Crippen molar-refractivity contribution in [2.24, 2.45) is 0 Å². The van der Waals surface area contributed by atoms with Crippen LogP contribution < -0.4 is 4.90 Å². The molecule has 94 valence electrons. The highest BCUT2D eigenvalue weighted by Gasteiger charge is 2.15. The lowest BCUT2D eigenvalue weighted by Gasteiger charge is -2.17. The molecule has 2 aromatic rings. The largest absolute Gasteiger partial charge is 0.321 e. The molecule has 4 heteroatoms. The molecule has 0 radical (unpaired) electrons. The van der Waals surface area contributed by atoms with Crippen LogP contribution >= 0.6 is 11.3 Å². The minimum atomic E-state index is 0.0782. The average Bonchev–Trinajstić information content (AvgIpc) is 2.71. The number of carbonyl (C=O) groups excluding carboxylic acids is 1. The Labute approximate surface area is 111 Å². The van der Waals surface area contributed by atoms with E-state index < -0.39 is 0 Å².